The molecule has 1 aliphatic carbocycles. The number of aromatic nitrogens is 2. The Morgan fingerprint density at radius 1 is 1.38 bits per heavy atom. The Balaban J connectivity index is 1.99. The maximum atomic E-state index is 12.2. The number of nitrogens with zero attached hydrogens (tertiary/aromatic N) is 3. The van der Waals surface area contributed by atoms with Crippen molar-refractivity contribution in [1.29, 1.82) is 0 Å². The Labute approximate surface area is 126 Å². The van der Waals surface area contributed by atoms with Crippen LogP contribution < -0.4 is 0 Å². The van der Waals surface area contributed by atoms with Crippen LogP contribution in [0.2, 0.25) is 0 Å². The molecule has 116 valence electrons. The summed E-state index contributed by atoms with van der Waals surface area (Å²) in [5.74, 6) is 0.377. The zero-order valence-corrected chi connectivity index (χ0v) is 13.4. The minimum atomic E-state index is -0.454. The van der Waals surface area contributed by atoms with Crippen LogP contribution in [0.3, 0.4) is 0 Å². The van der Waals surface area contributed by atoms with Gasteiger partial charge in [-0.1, -0.05) is 6.42 Å². The third-order valence-electron chi connectivity index (χ3n) is 3.89. The van der Waals surface area contributed by atoms with Crippen molar-refractivity contribution in [1.82, 2.24) is 15.1 Å². The lowest BCUT2D eigenvalue weighted by atomic mass is 9.83. The van der Waals surface area contributed by atoms with Gasteiger partial charge in [0.05, 0.1) is 5.69 Å². The van der Waals surface area contributed by atoms with Crippen LogP contribution in [-0.4, -0.2) is 39.9 Å². The van der Waals surface area contributed by atoms with Gasteiger partial charge >= 0.3 is 6.09 Å². The fraction of sp³-hybridized carbons (Fsp3) is 0.688. The summed E-state index contributed by atoms with van der Waals surface area (Å²) in [7, 11) is 1.83. The molecule has 0 radical (unpaired) electrons. The Hall–Kier alpha value is -1.65. The molecule has 5 heteroatoms. The SMILES string of the molecule is CN(C(=O)OC(C)(C)C)[C@@H]1CCCC(c2cccnn2)C1. The molecular formula is C16H25N3O2. The van der Waals surface area contributed by atoms with Gasteiger partial charge in [-0.2, -0.15) is 10.2 Å². The molecule has 2 atom stereocenters. The average Bonchev–Trinajstić information content (AvgIpc) is 2.46. The van der Waals surface area contributed by atoms with E-state index in [1.807, 2.05) is 40.0 Å². The number of carbonyl (C=O) groups excluding carboxylic acids is 1. The molecule has 0 aromatic carbocycles. The topological polar surface area (TPSA) is 55.3 Å². The van der Waals surface area contributed by atoms with Gasteiger partial charge < -0.3 is 9.64 Å². The van der Waals surface area contributed by atoms with E-state index in [2.05, 4.69) is 10.2 Å². The van der Waals surface area contributed by atoms with E-state index in [4.69, 9.17) is 4.74 Å². The summed E-state index contributed by atoms with van der Waals surface area (Å²) < 4.78 is 5.45. The van der Waals surface area contributed by atoms with Crippen LogP contribution in [0.4, 0.5) is 4.79 Å². The zero-order chi connectivity index (χ0) is 15.5. The Morgan fingerprint density at radius 3 is 2.76 bits per heavy atom. The normalized spacial score (nSPS) is 22.7. The molecule has 1 amide bonds. The molecular weight excluding hydrogens is 266 g/mol. The maximum absolute atomic E-state index is 12.2. The van der Waals surface area contributed by atoms with Gasteiger partial charge in [-0.3, -0.25) is 0 Å². The summed E-state index contributed by atoms with van der Waals surface area (Å²) in [6, 6.07) is 4.15. The van der Waals surface area contributed by atoms with Crippen LogP contribution in [0.5, 0.6) is 0 Å². The van der Waals surface area contributed by atoms with Crippen molar-refractivity contribution in [2.24, 2.45) is 0 Å². The highest BCUT2D eigenvalue weighted by Crippen LogP contribution is 2.33. The molecule has 0 saturated heterocycles. The van der Waals surface area contributed by atoms with Crippen molar-refractivity contribution in [2.75, 3.05) is 7.05 Å². The van der Waals surface area contributed by atoms with Crippen molar-refractivity contribution in [3.8, 4) is 0 Å². The monoisotopic (exact) mass is 291 g/mol. The Bertz CT molecular complexity index is 470. The second-order valence-electron chi connectivity index (χ2n) is 6.76. The van der Waals surface area contributed by atoms with E-state index in [1.165, 1.54) is 0 Å². The molecule has 2 rings (SSSR count). The summed E-state index contributed by atoms with van der Waals surface area (Å²) >= 11 is 0. The maximum Gasteiger partial charge on any atom is 0.410 e. The van der Waals surface area contributed by atoms with Crippen LogP contribution in [-0.2, 0) is 4.74 Å². The predicted octanol–water partition coefficient (Wildman–Crippen LogP) is 3.37. The summed E-state index contributed by atoms with van der Waals surface area (Å²) in [5.41, 5.74) is 0.574. The molecule has 1 unspecified atom stereocenters. The first kappa shape index (κ1) is 15.7. The molecule has 0 spiro atoms. The minimum Gasteiger partial charge on any atom is -0.444 e. The lowest BCUT2D eigenvalue weighted by Crippen LogP contribution is -2.42. The van der Waals surface area contributed by atoms with E-state index in [-0.39, 0.29) is 12.1 Å². The van der Waals surface area contributed by atoms with Gasteiger partial charge in [-0.05, 0) is 52.2 Å². The number of hydrogen-bond acceptors (Lipinski definition) is 4. The van der Waals surface area contributed by atoms with Gasteiger partial charge in [-0.15, -0.1) is 0 Å². The van der Waals surface area contributed by atoms with E-state index in [1.54, 1.807) is 11.1 Å². The van der Waals surface area contributed by atoms with Gasteiger partial charge in [0.1, 0.15) is 5.60 Å². The molecule has 1 saturated carbocycles. The Kier molecular flexibility index (Phi) is 4.80. The summed E-state index contributed by atoms with van der Waals surface area (Å²) in [6.07, 6.45) is 5.60. The lowest BCUT2D eigenvalue weighted by molar-refractivity contribution is 0.0179. The van der Waals surface area contributed by atoms with Crippen molar-refractivity contribution >= 4 is 6.09 Å². The van der Waals surface area contributed by atoms with Crippen molar-refractivity contribution in [3.05, 3.63) is 24.0 Å². The molecule has 1 aliphatic rings. The van der Waals surface area contributed by atoms with Crippen LogP contribution in [0, 0.1) is 0 Å². The van der Waals surface area contributed by atoms with E-state index in [0.29, 0.717) is 5.92 Å². The number of rotatable bonds is 2. The number of carbonyl (C=O) groups is 1. The van der Waals surface area contributed by atoms with Gasteiger partial charge in [0.15, 0.2) is 0 Å². The standard InChI is InChI=1S/C16H25N3O2/c1-16(2,3)21-15(20)19(4)13-8-5-7-12(11-13)14-9-6-10-17-18-14/h6,9-10,12-13H,5,7-8,11H2,1-4H3/t12?,13-/m1/s1. The van der Waals surface area contributed by atoms with Gasteiger partial charge in [-0.25, -0.2) is 4.79 Å². The second-order valence-corrected chi connectivity index (χ2v) is 6.76. The van der Waals surface area contributed by atoms with Gasteiger partial charge in [0, 0.05) is 25.2 Å². The largest absolute Gasteiger partial charge is 0.444 e. The van der Waals surface area contributed by atoms with E-state index in [0.717, 1.165) is 31.4 Å². The fourth-order valence-electron chi connectivity index (χ4n) is 2.80. The number of hydrogen-bond donors (Lipinski definition) is 0. The molecule has 0 bridgehead atoms. The third-order valence-corrected chi connectivity index (χ3v) is 3.89. The highest BCUT2D eigenvalue weighted by molar-refractivity contribution is 5.68. The fourth-order valence-corrected chi connectivity index (χ4v) is 2.80. The molecule has 1 fully saturated rings. The molecule has 1 aromatic rings. The Morgan fingerprint density at radius 2 is 2.14 bits per heavy atom. The predicted molar refractivity (Wildman–Crippen MR) is 81.0 cm³/mol. The molecule has 0 N–H and O–H groups in total. The first-order chi connectivity index (χ1) is 9.87. The lowest BCUT2D eigenvalue weighted by Gasteiger charge is -2.35. The molecule has 0 aliphatic heterocycles. The average molecular weight is 291 g/mol. The van der Waals surface area contributed by atoms with Crippen LogP contribution >= 0.6 is 0 Å². The summed E-state index contributed by atoms with van der Waals surface area (Å²) in [5, 5.41) is 8.17. The van der Waals surface area contributed by atoms with E-state index < -0.39 is 5.60 Å². The summed E-state index contributed by atoms with van der Waals surface area (Å²) in [4.78, 5) is 13.9. The van der Waals surface area contributed by atoms with Crippen molar-refractivity contribution in [2.45, 2.75) is 64.0 Å². The number of amides is 1. The minimum absolute atomic E-state index is 0.209. The first-order valence-corrected chi connectivity index (χ1v) is 7.60. The highest BCUT2D eigenvalue weighted by atomic mass is 16.6. The van der Waals surface area contributed by atoms with Crippen LogP contribution in [0.15, 0.2) is 18.3 Å². The van der Waals surface area contributed by atoms with Crippen LogP contribution in [0.1, 0.15) is 58.1 Å². The second kappa shape index (κ2) is 6.41. The van der Waals surface area contributed by atoms with Crippen molar-refractivity contribution in [3.63, 3.8) is 0 Å². The zero-order valence-electron chi connectivity index (χ0n) is 13.4. The third kappa shape index (κ3) is 4.41. The molecule has 5 nitrogen and oxygen atoms in total. The molecule has 21 heavy (non-hydrogen) atoms. The smallest absolute Gasteiger partial charge is 0.410 e. The van der Waals surface area contributed by atoms with E-state index in [9.17, 15) is 4.79 Å². The summed E-state index contributed by atoms with van der Waals surface area (Å²) in [6.45, 7) is 5.67. The van der Waals surface area contributed by atoms with Crippen LogP contribution in [0.25, 0.3) is 0 Å². The molecule has 1 heterocycles. The van der Waals surface area contributed by atoms with Gasteiger partial charge in [0.25, 0.3) is 0 Å². The highest BCUT2D eigenvalue weighted by Gasteiger charge is 2.31. The first-order valence-electron chi connectivity index (χ1n) is 7.60. The molecule has 1 aromatic heterocycles. The van der Waals surface area contributed by atoms with Crippen molar-refractivity contribution < 1.29 is 9.53 Å². The number of ether oxygens (including phenoxy) is 1. The quantitative estimate of drug-likeness (QED) is 0.838. The van der Waals surface area contributed by atoms with E-state index >= 15 is 0 Å². The van der Waals surface area contributed by atoms with Gasteiger partial charge in [0.2, 0.25) is 0 Å².